The number of amides is 1. The highest BCUT2D eigenvalue weighted by Gasteiger charge is 2.33. The van der Waals surface area contributed by atoms with Gasteiger partial charge in [-0.25, -0.2) is 4.39 Å². The van der Waals surface area contributed by atoms with E-state index in [0.717, 1.165) is 31.7 Å². The van der Waals surface area contributed by atoms with E-state index in [9.17, 15) is 14.3 Å². The highest BCUT2D eigenvalue weighted by Crippen LogP contribution is 2.36. The molecule has 1 aromatic rings. The van der Waals surface area contributed by atoms with Crippen molar-refractivity contribution < 1.29 is 14.3 Å². The first-order valence-electron chi connectivity index (χ1n) is 6.50. The molecule has 1 aliphatic rings. The highest BCUT2D eigenvalue weighted by atomic mass is 19.1. The molecule has 1 aliphatic carbocycles. The first-order chi connectivity index (χ1) is 9.06. The van der Waals surface area contributed by atoms with Crippen LogP contribution in [-0.4, -0.2) is 24.2 Å². The summed E-state index contributed by atoms with van der Waals surface area (Å²) >= 11 is 0. The van der Waals surface area contributed by atoms with Gasteiger partial charge in [-0.3, -0.25) is 4.79 Å². The number of carbonyl (C=O) groups is 1. The minimum absolute atomic E-state index is 0.0136. The number of carbonyl (C=O) groups excluding carboxylic acids is 1. The van der Waals surface area contributed by atoms with Crippen molar-refractivity contribution in [1.29, 1.82) is 0 Å². The summed E-state index contributed by atoms with van der Waals surface area (Å²) in [4.78, 5) is 11.9. The van der Waals surface area contributed by atoms with E-state index in [4.69, 9.17) is 5.73 Å². The maximum Gasteiger partial charge on any atom is 0.254 e. The Bertz CT molecular complexity index is 471. The van der Waals surface area contributed by atoms with Crippen LogP contribution in [0.5, 0.6) is 0 Å². The molecule has 1 fully saturated rings. The number of anilines is 1. The molecule has 0 spiro atoms. The molecule has 104 valence electrons. The van der Waals surface area contributed by atoms with E-state index >= 15 is 0 Å². The van der Waals surface area contributed by atoms with Gasteiger partial charge < -0.3 is 16.2 Å². The van der Waals surface area contributed by atoms with Crippen LogP contribution >= 0.6 is 0 Å². The fourth-order valence-electron chi connectivity index (χ4n) is 2.59. The minimum atomic E-state index is -0.623. The SMILES string of the molecule is Nc1ccc(C(=O)NCC2(CO)CCCC2)c(F)c1. The quantitative estimate of drug-likeness (QED) is 0.726. The molecule has 0 atom stereocenters. The van der Waals surface area contributed by atoms with Crippen molar-refractivity contribution in [2.75, 3.05) is 18.9 Å². The lowest BCUT2D eigenvalue weighted by molar-refractivity contribution is 0.0877. The third kappa shape index (κ3) is 3.04. The maximum absolute atomic E-state index is 13.6. The van der Waals surface area contributed by atoms with Crippen molar-refractivity contribution in [2.45, 2.75) is 25.7 Å². The van der Waals surface area contributed by atoms with Gasteiger partial charge in [0.05, 0.1) is 12.2 Å². The van der Waals surface area contributed by atoms with Gasteiger partial charge in [-0.1, -0.05) is 12.8 Å². The first kappa shape index (κ1) is 13.8. The van der Waals surface area contributed by atoms with Crippen LogP contribution < -0.4 is 11.1 Å². The number of aliphatic hydroxyl groups is 1. The van der Waals surface area contributed by atoms with Gasteiger partial charge in [-0.15, -0.1) is 0 Å². The summed E-state index contributed by atoms with van der Waals surface area (Å²) in [5.74, 6) is -1.08. The number of nitrogens with two attached hydrogens (primary N) is 1. The number of benzene rings is 1. The molecule has 1 saturated carbocycles. The van der Waals surface area contributed by atoms with Crippen molar-refractivity contribution in [3.63, 3.8) is 0 Å². The number of halogens is 1. The van der Waals surface area contributed by atoms with Crippen molar-refractivity contribution in [2.24, 2.45) is 5.41 Å². The Labute approximate surface area is 111 Å². The van der Waals surface area contributed by atoms with Crippen LogP contribution in [0.3, 0.4) is 0 Å². The molecule has 0 bridgehead atoms. The molecule has 0 radical (unpaired) electrons. The van der Waals surface area contributed by atoms with E-state index in [1.807, 2.05) is 0 Å². The van der Waals surface area contributed by atoms with Gasteiger partial charge in [-0.2, -0.15) is 0 Å². The second-order valence-electron chi connectivity index (χ2n) is 5.29. The Morgan fingerprint density at radius 2 is 2.11 bits per heavy atom. The molecule has 4 nitrogen and oxygen atoms in total. The summed E-state index contributed by atoms with van der Waals surface area (Å²) in [7, 11) is 0. The zero-order valence-electron chi connectivity index (χ0n) is 10.8. The number of hydrogen-bond acceptors (Lipinski definition) is 3. The second kappa shape index (κ2) is 5.57. The van der Waals surface area contributed by atoms with E-state index in [-0.39, 0.29) is 23.3 Å². The topological polar surface area (TPSA) is 75.4 Å². The molecular formula is C14H19FN2O2. The second-order valence-corrected chi connectivity index (χ2v) is 5.29. The fourth-order valence-corrected chi connectivity index (χ4v) is 2.59. The summed E-state index contributed by atoms with van der Waals surface area (Å²) in [6, 6.07) is 4.00. The number of hydrogen-bond donors (Lipinski definition) is 3. The number of nitrogen functional groups attached to an aromatic ring is 1. The Balaban J connectivity index is 2.01. The van der Waals surface area contributed by atoms with Crippen LogP contribution in [0.1, 0.15) is 36.0 Å². The highest BCUT2D eigenvalue weighted by molar-refractivity contribution is 5.94. The molecule has 0 heterocycles. The van der Waals surface area contributed by atoms with E-state index in [2.05, 4.69) is 5.32 Å². The predicted octanol–water partition coefficient (Wildman–Crippen LogP) is 1.69. The zero-order chi connectivity index (χ0) is 13.9. The molecule has 19 heavy (non-hydrogen) atoms. The summed E-state index contributed by atoms with van der Waals surface area (Å²) in [6.45, 7) is 0.434. The van der Waals surface area contributed by atoms with Gasteiger partial charge in [0.2, 0.25) is 0 Å². The van der Waals surface area contributed by atoms with Crippen LogP contribution in [-0.2, 0) is 0 Å². The van der Waals surface area contributed by atoms with E-state index in [1.165, 1.54) is 12.1 Å². The van der Waals surface area contributed by atoms with Crippen LogP contribution in [0.4, 0.5) is 10.1 Å². The lowest BCUT2D eigenvalue weighted by Crippen LogP contribution is -2.38. The Hall–Kier alpha value is -1.62. The molecule has 2 rings (SSSR count). The molecule has 0 aromatic heterocycles. The molecule has 1 aromatic carbocycles. The summed E-state index contributed by atoms with van der Waals surface area (Å²) in [6.07, 6.45) is 3.92. The molecular weight excluding hydrogens is 247 g/mol. The van der Waals surface area contributed by atoms with Crippen molar-refractivity contribution in [1.82, 2.24) is 5.32 Å². The number of nitrogens with one attached hydrogen (secondary N) is 1. The molecule has 5 heteroatoms. The summed E-state index contributed by atoms with van der Waals surface area (Å²) < 4.78 is 13.6. The van der Waals surface area contributed by atoms with Gasteiger partial charge in [0.15, 0.2) is 0 Å². The van der Waals surface area contributed by atoms with Crippen LogP contribution in [0.2, 0.25) is 0 Å². The van der Waals surface area contributed by atoms with E-state index in [0.29, 0.717) is 6.54 Å². The van der Waals surface area contributed by atoms with Gasteiger partial charge in [0.25, 0.3) is 5.91 Å². The summed E-state index contributed by atoms with van der Waals surface area (Å²) in [5, 5.41) is 12.2. The van der Waals surface area contributed by atoms with Gasteiger partial charge in [0.1, 0.15) is 5.82 Å². The van der Waals surface area contributed by atoms with Crippen molar-refractivity contribution >= 4 is 11.6 Å². The normalized spacial score (nSPS) is 17.4. The molecule has 1 amide bonds. The lowest BCUT2D eigenvalue weighted by atomic mass is 9.87. The Morgan fingerprint density at radius 3 is 2.68 bits per heavy atom. The van der Waals surface area contributed by atoms with Gasteiger partial charge in [0, 0.05) is 17.6 Å². The average molecular weight is 266 g/mol. The lowest BCUT2D eigenvalue weighted by Gasteiger charge is -2.26. The Kier molecular flexibility index (Phi) is 4.04. The molecule has 0 unspecified atom stereocenters. The minimum Gasteiger partial charge on any atom is -0.399 e. The fraction of sp³-hybridized carbons (Fsp3) is 0.500. The monoisotopic (exact) mass is 266 g/mol. The average Bonchev–Trinajstić information content (AvgIpc) is 2.85. The largest absolute Gasteiger partial charge is 0.399 e. The number of rotatable bonds is 4. The molecule has 4 N–H and O–H groups in total. The van der Waals surface area contributed by atoms with Crippen LogP contribution in [0, 0.1) is 11.2 Å². The van der Waals surface area contributed by atoms with Gasteiger partial charge in [-0.05, 0) is 31.0 Å². The number of aliphatic hydroxyl groups excluding tert-OH is 1. The standard InChI is InChI=1S/C14H19FN2O2/c15-12-7-10(16)3-4-11(12)13(19)17-8-14(9-18)5-1-2-6-14/h3-4,7,18H,1-2,5-6,8-9,16H2,(H,17,19). The third-order valence-electron chi connectivity index (χ3n) is 3.86. The molecule has 0 saturated heterocycles. The smallest absolute Gasteiger partial charge is 0.254 e. The zero-order valence-corrected chi connectivity index (χ0v) is 10.8. The van der Waals surface area contributed by atoms with Gasteiger partial charge >= 0.3 is 0 Å². The predicted molar refractivity (Wildman–Crippen MR) is 71.1 cm³/mol. The van der Waals surface area contributed by atoms with Crippen molar-refractivity contribution in [3.8, 4) is 0 Å². The first-order valence-corrected chi connectivity index (χ1v) is 6.50. The van der Waals surface area contributed by atoms with E-state index in [1.54, 1.807) is 0 Å². The Morgan fingerprint density at radius 1 is 1.42 bits per heavy atom. The van der Waals surface area contributed by atoms with Crippen molar-refractivity contribution in [3.05, 3.63) is 29.6 Å². The summed E-state index contributed by atoms with van der Waals surface area (Å²) in [5.41, 5.74) is 5.48. The maximum atomic E-state index is 13.6. The van der Waals surface area contributed by atoms with Crippen LogP contribution in [0.15, 0.2) is 18.2 Å². The third-order valence-corrected chi connectivity index (χ3v) is 3.86. The van der Waals surface area contributed by atoms with Crippen LogP contribution in [0.25, 0.3) is 0 Å². The molecule has 0 aliphatic heterocycles. The van der Waals surface area contributed by atoms with E-state index < -0.39 is 11.7 Å².